The van der Waals surface area contributed by atoms with Crippen LogP contribution in [0, 0.1) is 5.92 Å². The van der Waals surface area contributed by atoms with Gasteiger partial charge >= 0.3 is 6.16 Å². The van der Waals surface area contributed by atoms with Crippen molar-refractivity contribution in [1.82, 2.24) is 5.32 Å². The molecule has 3 aromatic rings. The topological polar surface area (TPSA) is 64.6 Å². The number of amides is 1. The minimum Gasteiger partial charge on any atom is -0.430 e. The Morgan fingerprint density at radius 2 is 1.33 bits per heavy atom. The second kappa shape index (κ2) is 11.3. The zero-order valence-electron chi connectivity index (χ0n) is 19.3. The van der Waals surface area contributed by atoms with Gasteiger partial charge in [-0.15, -0.1) is 11.8 Å². The molecule has 188 valence electrons. The van der Waals surface area contributed by atoms with Gasteiger partial charge in [-0.05, 0) is 23.6 Å². The zero-order valence-corrected chi connectivity index (χ0v) is 22.4. The van der Waals surface area contributed by atoms with E-state index < -0.39 is 33.3 Å². The van der Waals surface area contributed by atoms with Crippen LogP contribution in [0.3, 0.4) is 0 Å². The van der Waals surface area contributed by atoms with Crippen molar-refractivity contribution in [2.24, 2.45) is 5.92 Å². The van der Waals surface area contributed by atoms with Gasteiger partial charge in [0.15, 0.2) is 0 Å². The van der Waals surface area contributed by atoms with Crippen molar-refractivity contribution < 1.29 is 19.1 Å². The molecular formula is C27H24Cl3NO4S. The summed E-state index contributed by atoms with van der Waals surface area (Å²) < 4.78 is 7.85. The minimum atomic E-state index is -1.75. The molecule has 1 aliphatic heterocycles. The molecule has 9 heteroatoms. The van der Waals surface area contributed by atoms with E-state index in [2.05, 4.69) is 41.7 Å². The van der Waals surface area contributed by atoms with Gasteiger partial charge in [0, 0.05) is 0 Å². The van der Waals surface area contributed by atoms with Crippen LogP contribution >= 0.6 is 46.6 Å². The van der Waals surface area contributed by atoms with E-state index in [0.717, 1.165) is 16.7 Å². The number of thioether (sulfide) groups is 1. The number of carbonyl (C=O) groups excluding carboxylic acids is 2. The van der Waals surface area contributed by atoms with Crippen LogP contribution < -0.4 is 5.32 Å². The first-order chi connectivity index (χ1) is 17.2. The van der Waals surface area contributed by atoms with Gasteiger partial charge in [-0.2, -0.15) is 0 Å². The number of ether oxygens (including phenoxy) is 2. The number of β-lactam (4-membered cyclic amide) rings is 1. The monoisotopic (exact) mass is 563 g/mol. The largest absolute Gasteiger partial charge is 0.508 e. The van der Waals surface area contributed by atoms with Crippen molar-refractivity contribution in [3.8, 4) is 0 Å². The zero-order chi connectivity index (χ0) is 25.8. The molecule has 0 bridgehead atoms. The summed E-state index contributed by atoms with van der Waals surface area (Å²) in [4.78, 5) is 24.8. The van der Waals surface area contributed by atoms with Crippen LogP contribution in [0.1, 0.15) is 23.6 Å². The Kier molecular flexibility index (Phi) is 8.41. The van der Waals surface area contributed by atoms with Crippen LogP contribution in [0.5, 0.6) is 0 Å². The Morgan fingerprint density at radius 1 is 0.889 bits per heavy atom. The molecule has 36 heavy (non-hydrogen) atoms. The second-order valence-electron chi connectivity index (χ2n) is 8.33. The van der Waals surface area contributed by atoms with Gasteiger partial charge in [0.25, 0.3) is 0 Å². The highest BCUT2D eigenvalue weighted by atomic mass is 35.6. The summed E-state index contributed by atoms with van der Waals surface area (Å²) in [6.07, 6.45) is -1.77. The third-order valence-corrected chi connectivity index (χ3v) is 7.95. The summed E-state index contributed by atoms with van der Waals surface area (Å²) >= 11 is 18.5. The number of hydrogen-bond acceptors (Lipinski definition) is 5. The summed E-state index contributed by atoms with van der Waals surface area (Å²) in [5.41, 5.74) is 3.17. The standard InChI is InChI=1S/C27H24Cl3NO4S/c1-18(35-25(33)34-17-26(28,29)30)22-23(32)31-24(22)36-27(19-11-5-2-6-12-19,20-13-7-3-8-14-20)21-15-9-4-10-16-21/h2-16,18,22,24H,17H2,1H3,(H,31,32)/t18?,22-,24-/m1/s1. The number of hydrogen-bond donors (Lipinski definition) is 1. The first-order valence-electron chi connectivity index (χ1n) is 11.3. The number of alkyl halides is 3. The van der Waals surface area contributed by atoms with Crippen LogP contribution in [-0.2, 0) is 19.0 Å². The van der Waals surface area contributed by atoms with E-state index in [1.165, 1.54) is 0 Å². The smallest absolute Gasteiger partial charge is 0.430 e. The predicted octanol–water partition coefficient (Wildman–Crippen LogP) is 6.70. The van der Waals surface area contributed by atoms with Gasteiger partial charge in [0.05, 0.1) is 10.1 Å². The molecule has 1 saturated heterocycles. The lowest BCUT2D eigenvalue weighted by molar-refractivity contribution is -0.137. The number of halogens is 3. The maximum Gasteiger partial charge on any atom is 0.508 e. The molecule has 1 amide bonds. The first-order valence-corrected chi connectivity index (χ1v) is 13.3. The van der Waals surface area contributed by atoms with Gasteiger partial charge in [-0.3, -0.25) is 4.79 Å². The fourth-order valence-corrected chi connectivity index (χ4v) is 6.27. The third-order valence-electron chi connectivity index (χ3n) is 5.90. The van der Waals surface area contributed by atoms with Gasteiger partial charge in [0.2, 0.25) is 9.70 Å². The first kappa shape index (κ1) is 26.7. The number of benzene rings is 3. The molecule has 1 fully saturated rings. The van der Waals surface area contributed by atoms with Crippen LogP contribution in [0.15, 0.2) is 91.0 Å². The lowest BCUT2D eigenvalue weighted by atomic mass is 9.84. The van der Waals surface area contributed by atoms with E-state index in [9.17, 15) is 9.59 Å². The number of rotatable bonds is 8. The van der Waals surface area contributed by atoms with Crippen molar-refractivity contribution in [2.75, 3.05) is 6.61 Å². The minimum absolute atomic E-state index is 0.211. The van der Waals surface area contributed by atoms with Crippen molar-refractivity contribution in [3.05, 3.63) is 108 Å². The molecule has 1 aliphatic rings. The Balaban J connectivity index is 1.67. The highest BCUT2D eigenvalue weighted by molar-refractivity contribution is 8.01. The maximum atomic E-state index is 12.7. The fraction of sp³-hybridized carbons (Fsp3) is 0.259. The highest BCUT2D eigenvalue weighted by Crippen LogP contribution is 2.52. The second-order valence-corrected chi connectivity index (χ2v) is 12.2. The van der Waals surface area contributed by atoms with Crippen molar-refractivity contribution in [2.45, 2.75) is 26.9 Å². The molecule has 0 aliphatic carbocycles. The molecule has 3 aromatic carbocycles. The Bertz CT molecular complexity index is 1080. The summed E-state index contributed by atoms with van der Waals surface area (Å²) in [6, 6.07) is 30.4. The summed E-state index contributed by atoms with van der Waals surface area (Å²) in [7, 11) is 0. The van der Waals surface area contributed by atoms with Crippen LogP contribution in [0.4, 0.5) is 4.79 Å². The van der Waals surface area contributed by atoms with E-state index in [4.69, 9.17) is 44.3 Å². The van der Waals surface area contributed by atoms with Crippen LogP contribution in [0.25, 0.3) is 0 Å². The van der Waals surface area contributed by atoms with Crippen molar-refractivity contribution in [1.29, 1.82) is 0 Å². The van der Waals surface area contributed by atoms with E-state index in [0.29, 0.717) is 0 Å². The van der Waals surface area contributed by atoms with E-state index in [1.807, 2.05) is 54.6 Å². The molecule has 0 aromatic heterocycles. The van der Waals surface area contributed by atoms with Gasteiger partial charge in [0.1, 0.15) is 18.6 Å². The van der Waals surface area contributed by atoms with E-state index in [1.54, 1.807) is 18.7 Å². The molecule has 5 nitrogen and oxygen atoms in total. The average Bonchev–Trinajstić information content (AvgIpc) is 2.86. The normalized spacial score (nSPS) is 18.5. The predicted molar refractivity (Wildman–Crippen MR) is 144 cm³/mol. The van der Waals surface area contributed by atoms with Crippen LogP contribution in [-0.4, -0.2) is 33.9 Å². The van der Waals surface area contributed by atoms with Gasteiger partial charge < -0.3 is 14.8 Å². The highest BCUT2D eigenvalue weighted by Gasteiger charge is 2.51. The summed E-state index contributed by atoms with van der Waals surface area (Å²) in [5, 5.41) is 2.64. The lowest BCUT2D eigenvalue weighted by Gasteiger charge is -2.45. The fourth-order valence-electron chi connectivity index (χ4n) is 4.24. The Hall–Kier alpha value is -2.38. The van der Waals surface area contributed by atoms with Gasteiger partial charge in [-0.1, -0.05) is 126 Å². The Labute approximate surface area is 229 Å². The molecule has 1 unspecified atom stereocenters. The van der Waals surface area contributed by atoms with Gasteiger partial charge in [-0.25, -0.2) is 4.79 Å². The van der Waals surface area contributed by atoms with Crippen molar-refractivity contribution in [3.63, 3.8) is 0 Å². The molecule has 0 radical (unpaired) electrons. The molecule has 0 saturated carbocycles. The summed E-state index contributed by atoms with van der Waals surface area (Å²) in [6.45, 7) is 1.19. The lowest BCUT2D eigenvalue weighted by Crippen LogP contribution is -2.62. The maximum absolute atomic E-state index is 12.7. The molecule has 1 N–H and O–H groups in total. The van der Waals surface area contributed by atoms with E-state index >= 15 is 0 Å². The molecular weight excluding hydrogens is 541 g/mol. The SMILES string of the molecule is CC(OC(=O)OCC(Cl)(Cl)Cl)[C@@H]1C(=O)N[C@@H]1SC(c1ccccc1)(c1ccccc1)c1ccccc1. The average molecular weight is 565 g/mol. The third kappa shape index (κ3) is 5.94. The Morgan fingerprint density at radius 3 is 1.72 bits per heavy atom. The quantitative estimate of drug-likeness (QED) is 0.143. The molecule has 1 heterocycles. The van der Waals surface area contributed by atoms with E-state index in [-0.39, 0.29) is 11.3 Å². The summed E-state index contributed by atoms with van der Waals surface area (Å²) in [5.74, 6) is -0.817. The number of nitrogens with one attached hydrogen (secondary N) is 1. The molecule has 0 spiro atoms. The van der Waals surface area contributed by atoms with Crippen molar-refractivity contribution >= 4 is 58.6 Å². The molecule has 4 rings (SSSR count). The molecule has 3 atom stereocenters. The number of carbonyl (C=O) groups is 2. The van der Waals surface area contributed by atoms with Crippen LogP contribution in [0.2, 0.25) is 0 Å².